The third-order valence-electron chi connectivity index (χ3n) is 3.62. The molecule has 1 aliphatic heterocycles. The van der Waals surface area contributed by atoms with Gasteiger partial charge in [0, 0.05) is 11.1 Å². The Morgan fingerprint density at radius 2 is 1.76 bits per heavy atom. The zero-order chi connectivity index (χ0) is 17.2. The van der Waals surface area contributed by atoms with E-state index in [9.17, 15) is 4.79 Å². The van der Waals surface area contributed by atoms with Crippen LogP contribution < -0.4 is 4.74 Å². The van der Waals surface area contributed by atoms with Gasteiger partial charge in [-0.2, -0.15) is 4.98 Å². The van der Waals surface area contributed by atoms with Gasteiger partial charge in [0.05, 0.1) is 5.69 Å². The lowest BCUT2D eigenvalue weighted by Gasteiger charge is -2.07. The van der Waals surface area contributed by atoms with Gasteiger partial charge >= 0.3 is 0 Å². The largest absolute Gasteiger partial charge is 0.414 e. The Labute approximate surface area is 148 Å². The summed E-state index contributed by atoms with van der Waals surface area (Å²) in [5.41, 5.74) is 2.27. The fourth-order valence-electron chi connectivity index (χ4n) is 2.43. The van der Waals surface area contributed by atoms with Crippen molar-refractivity contribution in [3.63, 3.8) is 0 Å². The van der Waals surface area contributed by atoms with Crippen molar-refractivity contribution < 1.29 is 9.53 Å². The van der Waals surface area contributed by atoms with Gasteiger partial charge in [-0.3, -0.25) is 4.79 Å². The molecule has 0 radical (unpaired) electrons. The van der Waals surface area contributed by atoms with Crippen LogP contribution in [0.2, 0.25) is 0 Å². The lowest BCUT2D eigenvalue weighted by molar-refractivity contribution is 0.104. The van der Waals surface area contributed by atoms with Gasteiger partial charge in [0.1, 0.15) is 0 Å². The number of aromatic nitrogens is 3. The highest BCUT2D eigenvalue weighted by atomic mass is 32.2. The molecule has 1 aromatic heterocycles. The van der Waals surface area contributed by atoms with Crippen LogP contribution in [-0.4, -0.2) is 33.1 Å². The van der Waals surface area contributed by atoms with E-state index in [1.807, 2.05) is 30.5 Å². The molecule has 0 saturated heterocycles. The molecule has 0 atom stereocenters. The Bertz CT molecular complexity index is 989. The molecule has 0 N–H and O–H groups in total. The number of hydrogen-bond donors (Lipinski definition) is 0. The zero-order valence-corrected chi connectivity index (χ0v) is 14.0. The Balaban J connectivity index is 1.88. The van der Waals surface area contributed by atoms with Crippen LogP contribution in [0.4, 0.5) is 5.69 Å². The van der Waals surface area contributed by atoms with Crippen LogP contribution in [-0.2, 0) is 0 Å². The van der Waals surface area contributed by atoms with Crippen LogP contribution in [0.1, 0.15) is 10.4 Å². The highest BCUT2D eigenvalue weighted by Gasteiger charge is 2.26. The van der Waals surface area contributed by atoms with Crippen molar-refractivity contribution in [2.45, 2.75) is 5.16 Å². The first kappa shape index (κ1) is 15.5. The summed E-state index contributed by atoms with van der Waals surface area (Å²) >= 11 is 1.35. The average Bonchev–Trinajstić information content (AvgIpc) is 2.84. The molecule has 0 saturated carbocycles. The number of aliphatic imine (C=N–C) groups is 1. The lowest BCUT2D eigenvalue weighted by atomic mass is 10.1. The molecule has 122 valence electrons. The van der Waals surface area contributed by atoms with E-state index in [4.69, 9.17) is 4.74 Å². The summed E-state index contributed by atoms with van der Waals surface area (Å²) < 4.78 is 5.77. The predicted octanol–water partition coefficient (Wildman–Crippen LogP) is 3.57. The van der Waals surface area contributed by atoms with Crippen molar-refractivity contribution in [3.05, 3.63) is 60.2 Å². The smallest absolute Gasteiger partial charge is 0.270 e. The second-order valence-corrected chi connectivity index (χ2v) is 5.96. The number of rotatable bonds is 3. The molecule has 6 nitrogen and oxygen atoms in total. The Kier molecular flexibility index (Phi) is 3.99. The number of benzene rings is 2. The first-order chi connectivity index (χ1) is 12.3. The molecule has 25 heavy (non-hydrogen) atoms. The van der Waals surface area contributed by atoms with E-state index >= 15 is 0 Å². The summed E-state index contributed by atoms with van der Waals surface area (Å²) in [4.78, 5) is 21.6. The van der Waals surface area contributed by atoms with Gasteiger partial charge in [-0.15, -0.1) is 10.2 Å². The molecule has 0 aliphatic carbocycles. The lowest BCUT2D eigenvalue weighted by Crippen LogP contribution is -2.21. The summed E-state index contributed by atoms with van der Waals surface area (Å²) in [5, 5.41) is 8.74. The van der Waals surface area contributed by atoms with E-state index in [1.165, 1.54) is 11.8 Å². The number of thioether (sulfide) groups is 1. The second-order valence-electron chi connectivity index (χ2n) is 5.18. The van der Waals surface area contributed by atoms with Crippen LogP contribution in [0.5, 0.6) is 5.88 Å². The van der Waals surface area contributed by atoms with Gasteiger partial charge in [-0.25, -0.2) is 4.99 Å². The van der Waals surface area contributed by atoms with E-state index in [-0.39, 0.29) is 17.6 Å². The molecule has 1 aliphatic rings. The summed E-state index contributed by atoms with van der Waals surface area (Å²) in [6.07, 6.45) is 1.85. The van der Waals surface area contributed by atoms with Gasteiger partial charge < -0.3 is 4.74 Å². The molecule has 4 rings (SSSR count). The summed E-state index contributed by atoms with van der Waals surface area (Å²) in [6.45, 7) is 0. The minimum absolute atomic E-state index is 0.0371. The number of carbonyl (C=O) groups excluding carboxylic acids is 1. The molecule has 0 unspecified atom stereocenters. The second kappa shape index (κ2) is 6.45. The van der Waals surface area contributed by atoms with Crippen molar-refractivity contribution in [1.82, 2.24) is 15.2 Å². The third kappa shape index (κ3) is 2.89. The van der Waals surface area contributed by atoms with E-state index in [0.717, 1.165) is 5.56 Å². The van der Waals surface area contributed by atoms with Crippen LogP contribution in [0, 0.1) is 0 Å². The Hall–Kier alpha value is -3.06. The monoisotopic (exact) mass is 348 g/mol. The van der Waals surface area contributed by atoms with Crippen molar-refractivity contribution >= 4 is 29.1 Å². The highest BCUT2D eigenvalue weighted by molar-refractivity contribution is 7.98. The first-order valence-corrected chi connectivity index (χ1v) is 8.73. The van der Waals surface area contributed by atoms with Crippen molar-refractivity contribution in [1.29, 1.82) is 0 Å². The molecule has 0 fully saturated rings. The van der Waals surface area contributed by atoms with Crippen LogP contribution in [0.15, 0.2) is 64.7 Å². The molecule has 0 amide bonds. The minimum Gasteiger partial charge on any atom is -0.414 e. The normalized spacial score (nSPS) is 12.3. The predicted molar refractivity (Wildman–Crippen MR) is 95.5 cm³/mol. The molecule has 7 heteroatoms. The number of fused-ring (bicyclic) bond motifs is 3. The molecular weight excluding hydrogens is 336 g/mol. The summed E-state index contributed by atoms with van der Waals surface area (Å²) in [6, 6.07) is 16.2. The van der Waals surface area contributed by atoms with Crippen molar-refractivity contribution in [2.24, 2.45) is 4.99 Å². The van der Waals surface area contributed by atoms with Gasteiger partial charge in [0.25, 0.3) is 11.8 Å². The first-order valence-electron chi connectivity index (χ1n) is 7.50. The number of ether oxygens (including phenoxy) is 1. The van der Waals surface area contributed by atoms with E-state index < -0.39 is 0 Å². The fourth-order valence-corrected chi connectivity index (χ4v) is 2.73. The van der Waals surface area contributed by atoms with E-state index in [0.29, 0.717) is 22.1 Å². The Morgan fingerprint density at radius 1 is 1.00 bits per heavy atom. The maximum Gasteiger partial charge on any atom is 0.270 e. The maximum absolute atomic E-state index is 12.8. The van der Waals surface area contributed by atoms with Crippen LogP contribution in [0.25, 0.3) is 11.3 Å². The number of carbonyl (C=O) groups is 1. The standard InChI is InChI=1S/C18H12N4O2S/c1-25-18-20-16-14(21-22-18)12-9-5-6-10-13(12)19-17(24-16)15(23)11-7-3-2-4-8-11/h2-10H,1H3. The molecule has 3 aromatic rings. The fraction of sp³-hybridized carbons (Fsp3) is 0.0556. The highest BCUT2D eigenvalue weighted by Crippen LogP contribution is 2.36. The number of nitrogens with zero attached hydrogens (tertiary/aromatic N) is 4. The average molecular weight is 348 g/mol. The molecular formula is C18H12N4O2S. The van der Waals surface area contributed by atoms with Crippen LogP contribution >= 0.6 is 11.8 Å². The Morgan fingerprint density at radius 3 is 2.56 bits per heavy atom. The molecule has 2 aromatic carbocycles. The molecule has 0 bridgehead atoms. The molecule has 0 spiro atoms. The van der Waals surface area contributed by atoms with Crippen molar-refractivity contribution in [2.75, 3.05) is 6.26 Å². The SMILES string of the molecule is CSc1nnc2c(n1)OC(C(=O)c1ccccc1)=Nc1ccccc1-2. The third-order valence-corrected chi connectivity index (χ3v) is 4.16. The van der Waals surface area contributed by atoms with Gasteiger partial charge in [-0.05, 0) is 12.3 Å². The van der Waals surface area contributed by atoms with E-state index in [2.05, 4.69) is 20.2 Å². The van der Waals surface area contributed by atoms with Gasteiger partial charge in [0.2, 0.25) is 10.9 Å². The summed E-state index contributed by atoms with van der Waals surface area (Å²) in [5.74, 6) is -0.121. The number of para-hydroxylation sites is 1. The zero-order valence-electron chi connectivity index (χ0n) is 13.2. The van der Waals surface area contributed by atoms with Crippen LogP contribution in [0.3, 0.4) is 0 Å². The topological polar surface area (TPSA) is 77.3 Å². The maximum atomic E-state index is 12.8. The minimum atomic E-state index is -0.312. The quantitative estimate of drug-likeness (QED) is 0.532. The molecule has 2 heterocycles. The number of ketones is 1. The van der Waals surface area contributed by atoms with Gasteiger partial charge in [-0.1, -0.05) is 60.3 Å². The van der Waals surface area contributed by atoms with E-state index in [1.54, 1.807) is 30.3 Å². The van der Waals surface area contributed by atoms with Gasteiger partial charge in [0.15, 0.2) is 5.69 Å². The van der Waals surface area contributed by atoms with Crippen molar-refractivity contribution in [3.8, 4) is 17.1 Å². The number of hydrogen-bond acceptors (Lipinski definition) is 7. The summed E-state index contributed by atoms with van der Waals surface area (Å²) in [7, 11) is 0. The number of Topliss-reactive ketones (excluding diaryl/α,β-unsaturated/α-hetero) is 1.